The number of nitrogens with one attached hydrogen (secondary N) is 1. The molecule has 0 fully saturated rings. The maximum absolute atomic E-state index is 13.7. The molecule has 1 unspecified atom stereocenters. The van der Waals surface area contributed by atoms with Gasteiger partial charge in [0.15, 0.2) is 5.13 Å². The minimum absolute atomic E-state index is 0. The standard InChI is InChI=1S/C16H20FN3OS.ClH/c1-3-6-13(18)15(21)20-16-19-10(2)14(22-16)9-11-7-4-5-8-12(11)17;/h4-5,7-8,13H,3,6,9,18H2,1-2H3,(H,19,20,21);1H. The molecule has 1 amide bonds. The molecule has 1 atom stereocenters. The van der Waals surface area contributed by atoms with E-state index in [0.29, 0.717) is 23.5 Å². The van der Waals surface area contributed by atoms with E-state index in [2.05, 4.69) is 10.3 Å². The highest BCUT2D eigenvalue weighted by Crippen LogP contribution is 2.26. The molecule has 2 rings (SSSR count). The van der Waals surface area contributed by atoms with E-state index < -0.39 is 6.04 Å². The fourth-order valence-corrected chi connectivity index (χ4v) is 3.09. The summed E-state index contributed by atoms with van der Waals surface area (Å²) in [6, 6.07) is 6.15. The van der Waals surface area contributed by atoms with Crippen LogP contribution in [-0.4, -0.2) is 16.9 Å². The van der Waals surface area contributed by atoms with Gasteiger partial charge in [0, 0.05) is 11.3 Å². The lowest BCUT2D eigenvalue weighted by atomic mass is 10.1. The predicted octanol–water partition coefficient (Wildman–Crippen LogP) is 3.67. The van der Waals surface area contributed by atoms with Gasteiger partial charge in [-0.2, -0.15) is 0 Å². The highest BCUT2D eigenvalue weighted by Gasteiger charge is 2.16. The maximum Gasteiger partial charge on any atom is 0.243 e. The SMILES string of the molecule is CCCC(N)C(=O)Nc1nc(C)c(Cc2ccccc2F)s1.Cl. The lowest BCUT2D eigenvalue weighted by Crippen LogP contribution is -2.35. The molecule has 23 heavy (non-hydrogen) atoms. The molecule has 0 saturated heterocycles. The van der Waals surface area contributed by atoms with E-state index in [1.165, 1.54) is 17.4 Å². The maximum atomic E-state index is 13.7. The molecule has 0 aliphatic rings. The van der Waals surface area contributed by atoms with E-state index in [1.807, 2.05) is 13.8 Å². The summed E-state index contributed by atoms with van der Waals surface area (Å²) in [4.78, 5) is 17.2. The summed E-state index contributed by atoms with van der Waals surface area (Å²) in [5.41, 5.74) is 7.20. The predicted molar refractivity (Wildman–Crippen MR) is 94.8 cm³/mol. The Bertz CT molecular complexity index is 663. The molecule has 2 aromatic rings. The summed E-state index contributed by atoms with van der Waals surface area (Å²) in [5, 5.41) is 3.25. The van der Waals surface area contributed by atoms with Crippen molar-refractivity contribution >= 4 is 34.8 Å². The van der Waals surface area contributed by atoms with Gasteiger partial charge in [0.05, 0.1) is 11.7 Å². The fraction of sp³-hybridized carbons (Fsp3) is 0.375. The van der Waals surface area contributed by atoms with Gasteiger partial charge in [0.25, 0.3) is 0 Å². The number of nitrogens with two attached hydrogens (primary N) is 1. The van der Waals surface area contributed by atoms with E-state index in [4.69, 9.17) is 5.73 Å². The monoisotopic (exact) mass is 357 g/mol. The zero-order valence-electron chi connectivity index (χ0n) is 13.1. The molecule has 3 N–H and O–H groups in total. The van der Waals surface area contributed by atoms with Crippen LogP contribution in [0.2, 0.25) is 0 Å². The van der Waals surface area contributed by atoms with Crippen LogP contribution in [0.15, 0.2) is 24.3 Å². The normalized spacial score (nSPS) is 11.7. The minimum Gasteiger partial charge on any atom is -0.320 e. The zero-order valence-corrected chi connectivity index (χ0v) is 14.8. The van der Waals surface area contributed by atoms with Crippen LogP contribution in [0.3, 0.4) is 0 Å². The Morgan fingerprint density at radius 1 is 1.43 bits per heavy atom. The summed E-state index contributed by atoms with van der Waals surface area (Å²) in [6.45, 7) is 3.83. The van der Waals surface area contributed by atoms with Crippen LogP contribution in [0.5, 0.6) is 0 Å². The number of anilines is 1. The summed E-state index contributed by atoms with van der Waals surface area (Å²) < 4.78 is 13.7. The molecule has 7 heteroatoms. The Balaban J connectivity index is 0.00000264. The smallest absolute Gasteiger partial charge is 0.243 e. The summed E-state index contributed by atoms with van der Waals surface area (Å²) in [7, 11) is 0. The first kappa shape index (κ1) is 19.5. The third kappa shape index (κ3) is 5.27. The van der Waals surface area contributed by atoms with Gasteiger partial charge in [-0.25, -0.2) is 9.37 Å². The quantitative estimate of drug-likeness (QED) is 0.828. The molecule has 0 bridgehead atoms. The van der Waals surface area contributed by atoms with Gasteiger partial charge in [-0.3, -0.25) is 4.79 Å². The second-order valence-corrected chi connectivity index (χ2v) is 6.26. The Kier molecular flexibility index (Phi) is 7.61. The molecule has 1 aromatic carbocycles. The molecule has 0 aliphatic carbocycles. The molecule has 1 heterocycles. The van der Waals surface area contributed by atoms with Crippen molar-refractivity contribution in [2.75, 3.05) is 5.32 Å². The van der Waals surface area contributed by atoms with Crippen molar-refractivity contribution in [3.8, 4) is 0 Å². The number of hydrogen-bond donors (Lipinski definition) is 2. The van der Waals surface area contributed by atoms with Crippen molar-refractivity contribution in [3.63, 3.8) is 0 Å². The van der Waals surface area contributed by atoms with Crippen LogP contribution in [0.25, 0.3) is 0 Å². The number of hydrogen-bond acceptors (Lipinski definition) is 4. The van der Waals surface area contributed by atoms with Crippen LogP contribution in [0.4, 0.5) is 9.52 Å². The van der Waals surface area contributed by atoms with E-state index in [9.17, 15) is 9.18 Å². The number of aryl methyl sites for hydroxylation is 1. The van der Waals surface area contributed by atoms with Gasteiger partial charge in [-0.05, 0) is 25.0 Å². The first-order valence-corrected chi connectivity index (χ1v) is 8.09. The minimum atomic E-state index is -0.524. The Morgan fingerprint density at radius 2 is 2.13 bits per heavy atom. The van der Waals surface area contributed by atoms with Crippen LogP contribution in [0.1, 0.15) is 35.9 Å². The number of carbonyl (C=O) groups excluding carboxylic acids is 1. The highest BCUT2D eigenvalue weighted by atomic mass is 35.5. The van der Waals surface area contributed by atoms with Crippen molar-refractivity contribution in [1.29, 1.82) is 0 Å². The van der Waals surface area contributed by atoms with Gasteiger partial charge in [0.1, 0.15) is 5.82 Å². The van der Waals surface area contributed by atoms with Crippen LogP contribution in [0, 0.1) is 12.7 Å². The van der Waals surface area contributed by atoms with Crippen molar-refractivity contribution in [2.45, 2.75) is 39.2 Å². The second kappa shape index (κ2) is 8.96. The lowest BCUT2D eigenvalue weighted by molar-refractivity contribution is -0.117. The number of halogens is 2. The Hall–Kier alpha value is -1.50. The molecule has 0 spiro atoms. The number of carbonyl (C=O) groups is 1. The number of amides is 1. The van der Waals surface area contributed by atoms with Gasteiger partial charge in [0.2, 0.25) is 5.91 Å². The number of benzene rings is 1. The first-order valence-electron chi connectivity index (χ1n) is 7.27. The van der Waals surface area contributed by atoms with E-state index >= 15 is 0 Å². The molecular formula is C16H21ClFN3OS. The van der Waals surface area contributed by atoms with Gasteiger partial charge >= 0.3 is 0 Å². The topological polar surface area (TPSA) is 68.0 Å². The molecular weight excluding hydrogens is 337 g/mol. The summed E-state index contributed by atoms with van der Waals surface area (Å²) >= 11 is 1.36. The number of rotatable bonds is 6. The van der Waals surface area contributed by atoms with E-state index in [-0.39, 0.29) is 24.1 Å². The molecule has 0 saturated carbocycles. The number of aromatic nitrogens is 1. The lowest BCUT2D eigenvalue weighted by Gasteiger charge is -2.08. The Labute approximate surface area is 145 Å². The van der Waals surface area contributed by atoms with Crippen LogP contribution >= 0.6 is 23.7 Å². The van der Waals surface area contributed by atoms with Gasteiger partial charge < -0.3 is 11.1 Å². The van der Waals surface area contributed by atoms with Crippen LogP contribution in [-0.2, 0) is 11.2 Å². The largest absolute Gasteiger partial charge is 0.320 e. The average molecular weight is 358 g/mol. The van der Waals surface area contributed by atoms with E-state index in [1.54, 1.807) is 18.2 Å². The van der Waals surface area contributed by atoms with Crippen molar-refractivity contribution in [2.24, 2.45) is 5.73 Å². The number of thiazole rings is 1. The molecule has 126 valence electrons. The fourth-order valence-electron chi connectivity index (χ4n) is 2.10. The third-order valence-corrected chi connectivity index (χ3v) is 4.44. The molecule has 4 nitrogen and oxygen atoms in total. The average Bonchev–Trinajstić information content (AvgIpc) is 2.81. The van der Waals surface area contributed by atoms with Crippen molar-refractivity contribution < 1.29 is 9.18 Å². The second-order valence-electron chi connectivity index (χ2n) is 5.18. The van der Waals surface area contributed by atoms with Gasteiger partial charge in [-0.1, -0.05) is 31.5 Å². The van der Waals surface area contributed by atoms with Crippen LogP contribution < -0.4 is 11.1 Å². The van der Waals surface area contributed by atoms with E-state index in [0.717, 1.165) is 17.0 Å². The Morgan fingerprint density at radius 3 is 2.78 bits per heavy atom. The first-order chi connectivity index (χ1) is 10.5. The van der Waals surface area contributed by atoms with Crippen molar-refractivity contribution in [3.05, 3.63) is 46.2 Å². The molecule has 0 radical (unpaired) electrons. The van der Waals surface area contributed by atoms with Gasteiger partial charge in [-0.15, -0.1) is 23.7 Å². The summed E-state index contributed by atoms with van der Waals surface area (Å²) in [6.07, 6.45) is 1.95. The molecule has 0 aliphatic heterocycles. The zero-order chi connectivity index (χ0) is 16.1. The highest BCUT2D eigenvalue weighted by molar-refractivity contribution is 7.15. The molecule has 1 aromatic heterocycles. The summed E-state index contributed by atoms with van der Waals surface area (Å²) in [5.74, 6) is -0.459. The van der Waals surface area contributed by atoms with Crippen molar-refractivity contribution in [1.82, 2.24) is 4.98 Å². The third-order valence-electron chi connectivity index (χ3n) is 3.37. The number of nitrogens with zero attached hydrogens (tertiary/aromatic N) is 1.